The van der Waals surface area contributed by atoms with Crippen molar-refractivity contribution in [1.29, 1.82) is 0 Å². The van der Waals surface area contributed by atoms with Crippen LogP contribution in [0.15, 0.2) is 18.2 Å². The smallest absolute Gasteiger partial charge is 0.253 e. The lowest BCUT2D eigenvalue weighted by atomic mass is 10.2. The molecular weight excluding hydrogens is 330 g/mol. The van der Waals surface area contributed by atoms with E-state index in [4.69, 9.17) is 23.2 Å². The van der Waals surface area contributed by atoms with Crippen molar-refractivity contribution in [1.82, 2.24) is 10.6 Å². The summed E-state index contributed by atoms with van der Waals surface area (Å²) in [6.07, 6.45) is 0.520. The maximum absolute atomic E-state index is 11.7. The molecule has 0 fully saturated rings. The fourth-order valence-corrected chi connectivity index (χ4v) is 1.56. The third-order valence-corrected chi connectivity index (χ3v) is 2.52. The van der Waals surface area contributed by atoms with E-state index in [1.807, 2.05) is 13.8 Å². The van der Waals surface area contributed by atoms with E-state index in [1.165, 1.54) is 12.1 Å². The first-order valence-electron chi connectivity index (χ1n) is 6.45. The molecule has 0 heterocycles. The SMILES string of the molecule is BCNC(=O)CNC(=O)c1cc(Cl)ccc1Cl.CC(C)S. The number of rotatable bonds is 4. The topological polar surface area (TPSA) is 58.2 Å². The molecule has 0 spiro atoms. The summed E-state index contributed by atoms with van der Waals surface area (Å²) in [5.74, 6) is -0.678. The van der Waals surface area contributed by atoms with Gasteiger partial charge in [0.15, 0.2) is 0 Å². The Kier molecular flexibility index (Phi) is 10.4. The van der Waals surface area contributed by atoms with Crippen LogP contribution in [0.5, 0.6) is 0 Å². The van der Waals surface area contributed by atoms with Crippen LogP contribution in [-0.4, -0.2) is 37.9 Å². The van der Waals surface area contributed by atoms with Gasteiger partial charge in [0.05, 0.1) is 17.1 Å². The highest BCUT2D eigenvalue weighted by Gasteiger charge is 2.11. The van der Waals surface area contributed by atoms with E-state index in [9.17, 15) is 9.59 Å². The van der Waals surface area contributed by atoms with Crippen molar-refractivity contribution in [3.05, 3.63) is 33.8 Å². The Morgan fingerprint density at radius 1 is 1.29 bits per heavy atom. The van der Waals surface area contributed by atoms with Crippen molar-refractivity contribution in [2.45, 2.75) is 19.1 Å². The van der Waals surface area contributed by atoms with Gasteiger partial charge < -0.3 is 10.6 Å². The monoisotopic (exact) mass is 348 g/mol. The van der Waals surface area contributed by atoms with Gasteiger partial charge in [0.25, 0.3) is 5.91 Å². The molecule has 8 heteroatoms. The van der Waals surface area contributed by atoms with Crippen molar-refractivity contribution in [3.63, 3.8) is 0 Å². The Labute approximate surface area is 141 Å². The van der Waals surface area contributed by atoms with Gasteiger partial charge in [0.2, 0.25) is 5.91 Å². The zero-order valence-electron chi connectivity index (χ0n) is 12.2. The molecule has 2 N–H and O–H groups in total. The van der Waals surface area contributed by atoms with Crippen LogP contribution < -0.4 is 10.6 Å². The van der Waals surface area contributed by atoms with E-state index in [0.717, 1.165) is 0 Å². The first-order valence-corrected chi connectivity index (χ1v) is 7.73. The fraction of sp³-hybridized carbons (Fsp3) is 0.385. The number of hydrogen-bond acceptors (Lipinski definition) is 3. The highest BCUT2D eigenvalue weighted by Crippen LogP contribution is 2.20. The summed E-state index contributed by atoms with van der Waals surface area (Å²) < 4.78 is 0. The third kappa shape index (κ3) is 9.66. The van der Waals surface area contributed by atoms with Gasteiger partial charge >= 0.3 is 0 Å². The van der Waals surface area contributed by atoms with Gasteiger partial charge in [-0.1, -0.05) is 37.0 Å². The quantitative estimate of drug-likeness (QED) is 0.573. The Balaban J connectivity index is 0.000000885. The van der Waals surface area contributed by atoms with E-state index >= 15 is 0 Å². The lowest BCUT2D eigenvalue weighted by Gasteiger charge is -2.07. The van der Waals surface area contributed by atoms with Crippen LogP contribution in [0.25, 0.3) is 0 Å². The number of carbonyl (C=O) groups excluding carboxylic acids is 2. The predicted octanol–water partition coefficient (Wildman–Crippen LogP) is 1.75. The summed E-state index contributed by atoms with van der Waals surface area (Å²) in [6, 6.07) is 4.58. The second-order valence-electron chi connectivity index (χ2n) is 4.35. The van der Waals surface area contributed by atoms with Crippen molar-refractivity contribution >= 4 is 55.5 Å². The molecule has 21 heavy (non-hydrogen) atoms. The molecule has 2 amide bonds. The minimum absolute atomic E-state index is 0.0878. The predicted molar refractivity (Wildman–Crippen MR) is 94.5 cm³/mol. The molecule has 0 aliphatic carbocycles. The first-order chi connectivity index (χ1) is 9.77. The van der Waals surface area contributed by atoms with Gasteiger partial charge in [-0.3, -0.25) is 9.59 Å². The molecule has 0 atom stereocenters. The summed E-state index contributed by atoms with van der Waals surface area (Å²) in [7, 11) is 1.80. The van der Waals surface area contributed by atoms with Crippen molar-refractivity contribution in [2.75, 3.05) is 13.0 Å². The van der Waals surface area contributed by atoms with Crippen LogP contribution in [0.2, 0.25) is 10.0 Å². The van der Waals surface area contributed by atoms with Crippen LogP contribution >= 0.6 is 35.8 Å². The molecule has 0 unspecified atom stereocenters. The van der Waals surface area contributed by atoms with Gasteiger partial charge in [-0.15, -0.1) is 0 Å². The molecule has 0 radical (unpaired) electrons. The standard InChI is InChI=1S/C10H11BCl2N2O2.C3H8S/c11-5-15-9(16)4-14-10(17)7-3-6(12)1-2-8(7)13;1-3(2)4/h1-3H,4-5,11H2,(H,14,17)(H,15,16);3-4H,1-2H3. The van der Waals surface area contributed by atoms with Gasteiger partial charge in [-0.2, -0.15) is 12.6 Å². The molecule has 0 aromatic heterocycles. The molecule has 0 saturated carbocycles. The molecular formula is C13H19BCl2N2O2S. The number of thiol groups is 1. The summed E-state index contributed by atoms with van der Waals surface area (Å²) >= 11 is 15.6. The van der Waals surface area contributed by atoms with E-state index in [-0.39, 0.29) is 18.0 Å². The molecule has 0 bridgehead atoms. The highest BCUT2D eigenvalue weighted by atomic mass is 35.5. The van der Waals surface area contributed by atoms with E-state index in [1.54, 1.807) is 13.9 Å². The lowest BCUT2D eigenvalue weighted by Crippen LogP contribution is -2.37. The van der Waals surface area contributed by atoms with E-state index in [2.05, 4.69) is 23.3 Å². The molecule has 0 aliphatic rings. The van der Waals surface area contributed by atoms with Crippen molar-refractivity contribution < 1.29 is 9.59 Å². The second kappa shape index (κ2) is 10.8. The Hall–Kier alpha value is -0.845. The zero-order chi connectivity index (χ0) is 16.4. The van der Waals surface area contributed by atoms with Crippen LogP contribution in [-0.2, 0) is 4.79 Å². The molecule has 1 aromatic rings. The molecule has 116 valence electrons. The maximum atomic E-state index is 11.7. The zero-order valence-corrected chi connectivity index (χ0v) is 14.6. The summed E-state index contributed by atoms with van der Waals surface area (Å²) in [6.45, 7) is 3.97. The maximum Gasteiger partial charge on any atom is 0.253 e. The molecule has 1 aromatic carbocycles. The summed E-state index contributed by atoms with van der Waals surface area (Å²) in [5.41, 5.74) is 0.253. The van der Waals surface area contributed by atoms with Crippen LogP contribution in [0, 0.1) is 0 Å². The summed E-state index contributed by atoms with van der Waals surface area (Å²) in [5, 5.41) is 6.26. The average molecular weight is 349 g/mol. The Morgan fingerprint density at radius 2 is 1.86 bits per heavy atom. The minimum atomic E-state index is -0.427. The molecule has 0 saturated heterocycles. The number of benzene rings is 1. The largest absolute Gasteiger partial charge is 0.363 e. The van der Waals surface area contributed by atoms with E-state index in [0.29, 0.717) is 21.7 Å². The van der Waals surface area contributed by atoms with Crippen LogP contribution in [0.4, 0.5) is 0 Å². The van der Waals surface area contributed by atoms with Gasteiger partial charge in [-0.05, 0) is 29.9 Å². The van der Waals surface area contributed by atoms with Gasteiger partial charge in [0.1, 0.15) is 7.85 Å². The molecule has 4 nitrogen and oxygen atoms in total. The highest BCUT2D eigenvalue weighted by molar-refractivity contribution is 7.80. The minimum Gasteiger partial charge on any atom is -0.363 e. The number of nitrogens with one attached hydrogen (secondary N) is 2. The lowest BCUT2D eigenvalue weighted by molar-refractivity contribution is -0.119. The molecule has 0 aliphatic heterocycles. The van der Waals surface area contributed by atoms with Crippen LogP contribution in [0.1, 0.15) is 24.2 Å². The molecule has 1 rings (SSSR count). The number of hydrogen-bond donors (Lipinski definition) is 3. The fourth-order valence-electron chi connectivity index (χ4n) is 1.19. The van der Waals surface area contributed by atoms with Crippen molar-refractivity contribution in [3.8, 4) is 0 Å². The Morgan fingerprint density at radius 3 is 2.38 bits per heavy atom. The van der Waals surface area contributed by atoms with Gasteiger partial charge in [0, 0.05) is 5.02 Å². The second-order valence-corrected chi connectivity index (χ2v) is 6.23. The average Bonchev–Trinajstić information content (AvgIpc) is 2.38. The number of carbonyl (C=O) groups is 2. The van der Waals surface area contributed by atoms with Gasteiger partial charge in [-0.25, -0.2) is 0 Å². The first kappa shape index (κ1) is 20.2. The number of halogens is 2. The van der Waals surface area contributed by atoms with Crippen molar-refractivity contribution in [2.24, 2.45) is 0 Å². The third-order valence-electron chi connectivity index (χ3n) is 1.96. The number of amides is 2. The van der Waals surface area contributed by atoms with Crippen LogP contribution in [0.3, 0.4) is 0 Å². The summed E-state index contributed by atoms with van der Waals surface area (Å²) in [4.78, 5) is 22.8. The van der Waals surface area contributed by atoms with E-state index < -0.39 is 5.91 Å². The Bertz CT molecular complexity index is 484. The normalized spacial score (nSPS) is 9.62.